The summed E-state index contributed by atoms with van der Waals surface area (Å²) in [6, 6.07) is 7.32. The lowest BCUT2D eigenvalue weighted by molar-refractivity contribution is -0.0661. The first-order valence-corrected chi connectivity index (χ1v) is 6.71. The molecular formula is C16H23NO2. The molecule has 0 radical (unpaired) electrons. The van der Waals surface area contributed by atoms with Crippen molar-refractivity contribution in [3.8, 4) is 5.75 Å². The fourth-order valence-corrected chi connectivity index (χ4v) is 2.59. The van der Waals surface area contributed by atoms with Gasteiger partial charge >= 0.3 is 0 Å². The molecule has 0 aliphatic carbocycles. The predicted octanol–water partition coefficient (Wildman–Crippen LogP) is 3.32. The van der Waals surface area contributed by atoms with E-state index in [0.717, 1.165) is 18.7 Å². The van der Waals surface area contributed by atoms with Crippen LogP contribution < -0.4 is 0 Å². The highest BCUT2D eigenvalue weighted by atomic mass is 16.5. The summed E-state index contributed by atoms with van der Waals surface area (Å²) >= 11 is 0. The molecule has 3 heteroatoms. The Kier molecular flexibility index (Phi) is 3.97. The molecule has 1 aliphatic rings. The van der Waals surface area contributed by atoms with Crippen molar-refractivity contribution < 1.29 is 9.84 Å². The lowest BCUT2D eigenvalue weighted by atomic mass is 9.93. The molecule has 0 amide bonds. The zero-order valence-corrected chi connectivity index (χ0v) is 12.0. The number of aromatic hydroxyl groups is 1. The Morgan fingerprint density at radius 3 is 2.79 bits per heavy atom. The van der Waals surface area contributed by atoms with Crippen molar-refractivity contribution in [2.45, 2.75) is 33.1 Å². The second-order valence-electron chi connectivity index (χ2n) is 6.18. The summed E-state index contributed by atoms with van der Waals surface area (Å²) in [7, 11) is 0. The molecule has 1 saturated heterocycles. The van der Waals surface area contributed by atoms with E-state index < -0.39 is 0 Å². The molecule has 0 bridgehead atoms. The van der Waals surface area contributed by atoms with Crippen LogP contribution in [0.2, 0.25) is 0 Å². The maximum absolute atomic E-state index is 9.58. The van der Waals surface area contributed by atoms with Gasteiger partial charge in [0, 0.05) is 18.5 Å². The van der Waals surface area contributed by atoms with Gasteiger partial charge in [-0.05, 0) is 17.7 Å². The third kappa shape index (κ3) is 3.17. The maximum Gasteiger partial charge on any atom is 0.116 e. The summed E-state index contributed by atoms with van der Waals surface area (Å²) in [6.07, 6.45) is 1.99. The van der Waals surface area contributed by atoms with E-state index in [2.05, 4.69) is 32.3 Å². The number of phenols is 1. The molecule has 2 atom stereocenters. The van der Waals surface area contributed by atoms with Gasteiger partial charge < -0.3 is 9.84 Å². The first-order chi connectivity index (χ1) is 8.91. The Hall–Kier alpha value is -1.32. The zero-order valence-electron chi connectivity index (χ0n) is 12.0. The molecule has 1 N–H and O–H groups in total. The predicted molar refractivity (Wildman–Crippen MR) is 76.9 cm³/mol. The molecule has 3 nitrogen and oxygen atoms in total. The minimum Gasteiger partial charge on any atom is -0.508 e. The standard InChI is InChI=1S/C16H23NO2/c1-5-9-17-11-14(19-15(17)16(2,3)4)12-7-6-8-13(18)10-12/h5-8,10,14-15,18H,1,9,11H2,2-4H3. The SMILES string of the molecule is C=CCN1CC(c2cccc(O)c2)OC1C(C)(C)C. The highest BCUT2D eigenvalue weighted by molar-refractivity contribution is 5.29. The Bertz CT molecular complexity index is 450. The van der Waals surface area contributed by atoms with Gasteiger partial charge in [-0.25, -0.2) is 0 Å². The molecule has 1 fully saturated rings. The number of ether oxygens (including phenoxy) is 1. The van der Waals surface area contributed by atoms with Gasteiger partial charge in [0.1, 0.15) is 12.0 Å². The van der Waals surface area contributed by atoms with Gasteiger partial charge in [-0.2, -0.15) is 0 Å². The van der Waals surface area contributed by atoms with Crippen molar-refractivity contribution in [1.29, 1.82) is 0 Å². The monoisotopic (exact) mass is 261 g/mol. The molecule has 19 heavy (non-hydrogen) atoms. The minimum atomic E-state index is 0.0104. The van der Waals surface area contributed by atoms with Crippen LogP contribution in [0.1, 0.15) is 32.4 Å². The lowest BCUT2D eigenvalue weighted by Gasteiger charge is -2.32. The molecule has 2 rings (SSSR count). The van der Waals surface area contributed by atoms with Gasteiger partial charge in [0.05, 0.1) is 6.10 Å². The third-order valence-corrected chi connectivity index (χ3v) is 3.37. The number of nitrogens with zero attached hydrogens (tertiary/aromatic N) is 1. The van der Waals surface area contributed by atoms with Gasteiger partial charge in [-0.3, -0.25) is 4.90 Å². The van der Waals surface area contributed by atoms with E-state index in [1.807, 2.05) is 18.2 Å². The normalized spacial score (nSPS) is 24.6. The van der Waals surface area contributed by atoms with Crippen molar-refractivity contribution in [2.75, 3.05) is 13.1 Å². The molecule has 0 saturated carbocycles. The summed E-state index contributed by atoms with van der Waals surface area (Å²) in [5, 5.41) is 9.58. The number of hydrogen-bond donors (Lipinski definition) is 1. The quantitative estimate of drug-likeness (QED) is 0.847. The highest BCUT2D eigenvalue weighted by Gasteiger charge is 2.40. The minimum absolute atomic E-state index is 0.0104. The van der Waals surface area contributed by atoms with E-state index in [-0.39, 0.29) is 23.5 Å². The van der Waals surface area contributed by atoms with Crippen molar-refractivity contribution in [3.63, 3.8) is 0 Å². The van der Waals surface area contributed by atoms with Crippen LogP contribution in [0.5, 0.6) is 5.75 Å². The number of rotatable bonds is 3. The van der Waals surface area contributed by atoms with E-state index in [1.165, 1.54) is 0 Å². The van der Waals surface area contributed by atoms with E-state index in [9.17, 15) is 5.11 Å². The van der Waals surface area contributed by atoms with E-state index in [0.29, 0.717) is 0 Å². The smallest absolute Gasteiger partial charge is 0.116 e. The first kappa shape index (κ1) is 14.1. The van der Waals surface area contributed by atoms with Crippen LogP contribution in [0.15, 0.2) is 36.9 Å². The van der Waals surface area contributed by atoms with Crippen LogP contribution in [0.4, 0.5) is 0 Å². The van der Waals surface area contributed by atoms with Crippen LogP contribution in [0.25, 0.3) is 0 Å². The van der Waals surface area contributed by atoms with Crippen LogP contribution in [0.3, 0.4) is 0 Å². The van der Waals surface area contributed by atoms with Crippen molar-refractivity contribution in [3.05, 3.63) is 42.5 Å². The van der Waals surface area contributed by atoms with Crippen LogP contribution in [-0.2, 0) is 4.74 Å². The Morgan fingerprint density at radius 2 is 2.21 bits per heavy atom. The van der Waals surface area contributed by atoms with Crippen LogP contribution in [0, 0.1) is 5.41 Å². The van der Waals surface area contributed by atoms with Crippen LogP contribution >= 0.6 is 0 Å². The van der Waals surface area contributed by atoms with Crippen molar-refractivity contribution in [1.82, 2.24) is 4.90 Å². The maximum atomic E-state index is 9.58. The summed E-state index contributed by atoms with van der Waals surface area (Å²) < 4.78 is 6.20. The van der Waals surface area contributed by atoms with Gasteiger partial charge in [-0.1, -0.05) is 39.0 Å². The Labute approximate surface area is 115 Å². The number of phenolic OH excluding ortho intramolecular Hbond substituents is 1. The molecule has 0 aromatic heterocycles. The Balaban J connectivity index is 2.20. The van der Waals surface area contributed by atoms with E-state index in [4.69, 9.17) is 4.74 Å². The average molecular weight is 261 g/mol. The average Bonchev–Trinajstić information content (AvgIpc) is 2.73. The molecule has 104 valence electrons. The van der Waals surface area contributed by atoms with E-state index >= 15 is 0 Å². The Morgan fingerprint density at radius 1 is 1.47 bits per heavy atom. The summed E-state index contributed by atoms with van der Waals surface area (Å²) in [5.41, 5.74) is 1.08. The largest absolute Gasteiger partial charge is 0.508 e. The summed E-state index contributed by atoms with van der Waals surface area (Å²) in [4.78, 5) is 2.29. The fourth-order valence-electron chi connectivity index (χ4n) is 2.59. The topological polar surface area (TPSA) is 32.7 Å². The lowest BCUT2D eigenvalue weighted by Crippen LogP contribution is -2.40. The third-order valence-electron chi connectivity index (χ3n) is 3.37. The highest BCUT2D eigenvalue weighted by Crippen LogP contribution is 2.37. The van der Waals surface area contributed by atoms with Crippen LogP contribution in [-0.4, -0.2) is 29.3 Å². The molecule has 1 aliphatic heterocycles. The second kappa shape index (κ2) is 5.35. The van der Waals surface area contributed by atoms with Gasteiger partial charge in [0.2, 0.25) is 0 Å². The zero-order chi connectivity index (χ0) is 14.0. The fraction of sp³-hybridized carbons (Fsp3) is 0.500. The molecule has 1 heterocycles. The molecule has 1 aromatic rings. The molecule has 0 spiro atoms. The number of benzene rings is 1. The van der Waals surface area contributed by atoms with Gasteiger partial charge in [0.25, 0.3) is 0 Å². The second-order valence-corrected chi connectivity index (χ2v) is 6.18. The molecular weight excluding hydrogens is 238 g/mol. The first-order valence-electron chi connectivity index (χ1n) is 6.71. The number of hydrogen-bond acceptors (Lipinski definition) is 3. The van der Waals surface area contributed by atoms with Crippen molar-refractivity contribution >= 4 is 0 Å². The van der Waals surface area contributed by atoms with Crippen molar-refractivity contribution in [2.24, 2.45) is 5.41 Å². The van der Waals surface area contributed by atoms with Gasteiger partial charge in [-0.15, -0.1) is 6.58 Å². The molecule has 1 aromatic carbocycles. The summed E-state index contributed by atoms with van der Waals surface area (Å²) in [5.74, 6) is 0.288. The summed E-state index contributed by atoms with van der Waals surface area (Å²) in [6.45, 7) is 12.0. The van der Waals surface area contributed by atoms with Gasteiger partial charge in [0.15, 0.2) is 0 Å². The van der Waals surface area contributed by atoms with E-state index in [1.54, 1.807) is 12.1 Å². The molecule has 2 unspecified atom stereocenters.